The summed E-state index contributed by atoms with van der Waals surface area (Å²) in [6.45, 7) is 0. The van der Waals surface area contributed by atoms with Gasteiger partial charge in [-0.2, -0.15) is 0 Å². The molecule has 0 atom stereocenters. The molecule has 0 saturated carbocycles. The van der Waals surface area contributed by atoms with Crippen LogP contribution in [0.5, 0.6) is 5.75 Å². The van der Waals surface area contributed by atoms with Gasteiger partial charge in [-0.1, -0.05) is 133 Å². The summed E-state index contributed by atoms with van der Waals surface area (Å²) in [6.07, 6.45) is 0. The molecule has 0 heterocycles. The molecule has 10 aromatic carbocycles. The Hall–Kier alpha value is -7.62. The number of methoxy groups -OCH3 is 1. The molecule has 0 aromatic heterocycles. The van der Waals surface area contributed by atoms with Crippen LogP contribution in [-0.4, -0.2) is 7.11 Å². The zero-order valence-corrected chi connectivity index (χ0v) is 32.2. The van der Waals surface area contributed by atoms with E-state index in [4.69, 9.17) is 4.74 Å². The molecular weight excluding hydrogens is 705 g/mol. The molecule has 3 nitrogen and oxygen atoms in total. The standard InChI is InChI=1S/C55H40N2O/c1-58-55-36-45(57(42-22-10-4-11-23-42)43-24-12-5-13-25-43)34-35-50(55)52-38-54-47-27-15-14-26-46(47)51(37-53(54)49-29-17-16-28-48(49)52)39-30-32-44(33-31-39)56(40-18-6-2-7-19-40)41-20-8-3-9-21-41/h2-38H,1H3. The van der Waals surface area contributed by atoms with Crippen LogP contribution in [0.3, 0.4) is 0 Å². The van der Waals surface area contributed by atoms with Crippen molar-refractivity contribution in [3.8, 4) is 28.0 Å². The van der Waals surface area contributed by atoms with Gasteiger partial charge in [-0.25, -0.2) is 0 Å². The van der Waals surface area contributed by atoms with Gasteiger partial charge in [0.1, 0.15) is 5.75 Å². The quantitative estimate of drug-likeness (QED) is 0.137. The van der Waals surface area contributed by atoms with E-state index < -0.39 is 0 Å². The second kappa shape index (κ2) is 15.1. The molecule has 0 fully saturated rings. The number of para-hydroxylation sites is 4. The van der Waals surface area contributed by atoms with Gasteiger partial charge in [-0.3, -0.25) is 0 Å². The lowest BCUT2D eigenvalue weighted by molar-refractivity contribution is 0.416. The van der Waals surface area contributed by atoms with E-state index in [0.717, 1.165) is 51.0 Å². The molecule has 0 saturated heterocycles. The summed E-state index contributed by atoms with van der Waals surface area (Å²) < 4.78 is 6.24. The lowest BCUT2D eigenvalue weighted by Crippen LogP contribution is -2.10. The van der Waals surface area contributed by atoms with E-state index in [0.29, 0.717) is 0 Å². The van der Waals surface area contributed by atoms with Crippen molar-refractivity contribution in [3.05, 3.63) is 224 Å². The zero-order valence-electron chi connectivity index (χ0n) is 32.2. The van der Waals surface area contributed by atoms with Gasteiger partial charge in [-0.15, -0.1) is 0 Å². The summed E-state index contributed by atoms with van der Waals surface area (Å²) in [4.78, 5) is 4.58. The topological polar surface area (TPSA) is 15.7 Å². The third-order valence-electron chi connectivity index (χ3n) is 11.1. The van der Waals surface area contributed by atoms with Gasteiger partial charge >= 0.3 is 0 Å². The maximum absolute atomic E-state index is 6.24. The molecule has 0 radical (unpaired) electrons. The molecule has 10 rings (SSSR count). The van der Waals surface area contributed by atoms with Crippen LogP contribution in [0.25, 0.3) is 54.6 Å². The SMILES string of the molecule is COc1cc(N(c2ccccc2)c2ccccc2)ccc1-c1cc2c3ccccc3c(-c3ccc(N(c4ccccc4)c4ccccc4)cc3)cc2c2ccccc12. The lowest BCUT2D eigenvalue weighted by Gasteiger charge is -2.26. The van der Waals surface area contributed by atoms with Gasteiger partial charge < -0.3 is 14.5 Å². The van der Waals surface area contributed by atoms with Crippen molar-refractivity contribution < 1.29 is 4.74 Å². The number of benzene rings is 10. The van der Waals surface area contributed by atoms with Gasteiger partial charge in [-0.05, 0) is 134 Å². The molecule has 0 aliphatic carbocycles. The molecule has 276 valence electrons. The van der Waals surface area contributed by atoms with Crippen LogP contribution in [0.2, 0.25) is 0 Å². The van der Waals surface area contributed by atoms with Gasteiger partial charge in [0.25, 0.3) is 0 Å². The minimum Gasteiger partial charge on any atom is -0.496 e. The third kappa shape index (κ3) is 6.29. The largest absolute Gasteiger partial charge is 0.496 e. The highest BCUT2D eigenvalue weighted by Gasteiger charge is 2.20. The molecular formula is C55H40N2O. The summed E-state index contributed by atoms with van der Waals surface area (Å²) in [5.41, 5.74) is 11.1. The first-order valence-electron chi connectivity index (χ1n) is 19.7. The number of anilines is 6. The van der Waals surface area contributed by atoms with E-state index in [2.05, 4.69) is 234 Å². The Morgan fingerprint density at radius 3 is 1.10 bits per heavy atom. The first kappa shape index (κ1) is 34.8. The minimum absolute atomic E-state index is 0.819. The summed E-state index contributed by atoms with van der Waals surface area (Å²) in [6, 6.07) is 80.0. The van der Waals surface area contributed by atoms with E-state index >= 15 is 0 Å². The first-order valence-corrected chi connectivity index (χ1v) is 19.7. The molecule has 0 aliphatic heterocycles. The smallest absolute Gasteiger partial charge is 0.128 e. The van der Waals surface area contributed by atoms with E-state index in [9.17, 15) is 0 Å². The van der Waals surface area contributed by atoms with E-state index in [1.54, 1.807) is 7.11 Å². The fourth-order valence-electron chi connectivity index (χ4n) is 8.45. The number of fused-ring (bicyclic) bond motifs is 5. The van der Waals surface area contributed by atoms with Crippen LogP contribution < -0.4 is 14.5 Å². The summed E-state index contributed by atoms with van der Waals surface area (Å²) in [5.74, 6) is 0.819. The molecule has 0 N–H and O–H groups in total. The third-order valence-corrected chi connectivity index (χ3v) is 11.1. The number of rotatable bonds is 9. The number of nitrogens with zero attached hydrogens (tertiary/aromatic N) is 2. The van der Waals surface area contributed by atoms with Gasteiger partial charge in [0.2, 0.25) is 0 Å². The highest BCUT2D eigenvalue weighted by molar-refractivity contribution is 6.24. The predicted octanol–water partition coefficient (Wildman–Crippen LogP) is 15.4. The second-order valence-electron chi connectivity index (χ2n) is 14.5. The van der Waals surface area contributed by atoms with Crippen LogP contribution >= 0.6 is 0 Å². The Labute approximate surface area is 339 Å². The van der Waals surface area contributed by atoms with E-state index in [1.807, 2.05) is 0 Å². The summed E-state index contributed by atoms with van der Waals surface area (Å²) in [5, 5.41) is 7.26. The van der Waals surface area contributed by atoms with E-state index in [1.165, 1.54) is 43.4 Å². The number of hydrogen-bond donors (Lipinski definition) is 0. The lowest BCUT2D eigenvalue weighted by atomic mass is 9.87. The van der Waals surface area contributed by atoms with Gasteiger partial charge in [0, 0.05) is 45.8 Å². The molecule has 0 amide bonds. The van der Waals surface area contributed by atoms with Gasteiger partial charge in [0.05, 0.1) is 7.11 Å². The fraction of sp³-hybridized carbons (Fsp3) is 0.0182. The molecule has 58 heavy (non-hydrogen) atoms. The van der Waals surface area contributed by atoms with Crippen LogP contribution in [0, 0.1) is 0 Å². The van der Waals surface area contributed by atoms with Gasteiger partial charge in [0.15, 0.2) is 0 Å². The number of ether oxygens (including phenoxy) is 1. The molecule has 3 heteroatoms. The molecule has 0 unspecified atom stereocenters. The second-order valence-corrected chi connectivity index (χ2v) is 14.5. The van der Waals surface area contributed by atoms with Crippen molar-refractivity contribution in [1.82, 2.24) is 0 Å². The minimum atomic E-state index is 0.819. The average molecular weight is 745 g/mol. The Bertz CT molecular complexity index is 2940. The Balaban J connectivity index is 1.12. The maximum Gasteiger partial charge on any atom is 0.128 e. The van der Waals surface area contributed by atoms with Crippen molar-refractivity contribution in [2.24, 2.45) is 0 Å². The molecule has 0 aliphatic rings. The van der Waals surface area contributed by atoms with Crippen LogP contribution in [0.15, 0.2) is 224 Å². The zero-order chi connectivity index (χ0) is 38.8. The summed E-state index contributed by atoms with van der Waals surface area (Å²) >= 11 is 0. The van der Waals surface area contributed by atoms with Crippen molar-refractivity contribution in [2.75, 3.05) is 16.9 Å². The van der Waals surface area contributed by atoms with Crippen LogP contribution in [-0.2, 0) is 0 Å². The Morgan fingerprint density at radius 1 is 0.276 bits per heavy atom. The van der Waals surface area contributed by atoms with Crippen molar-refractivity contribution in [1.29, 1.82) is 0 Å². The normalized spacial score (nSPS) is 11.2. The highest BCUT2D eigenvalue weighted by Crippen LogP contribution is 2.46. The summed E-state index contributed by atoms with van der Waals surface area (Å²) in [7, 11) is 1.77. The molecule has 10 aromatic rings. The molecule has 0 bridgehead atoms. The average Bonchev–Trinajstić information content (AvgIpc) is 3.30. The highest BCUT2D eigenvalue weighted by atomic mass is 16.5. The molecule has 0 spiro atoms. The first-order chi connectivity index (χ1) is 28.7. The van der Waals surface area contributed by atoms with Crippen molar-refractivity contribution in [3.63, 3.8) is 0 Å². The Kier molecular flexibility index (Phi) is 9.09. The van der Waals surface area contributed by atoms with Crippen molar-refractivity contribution in [2.45, 2.75) is 0 Å². The number of hydrogen-bond acceptors (Lipinski definition) is 3. The monoisotopic (exact) mass is 744 g/mol. The van der Waals surface area contributed by atoms with Crippen molar-refractivity contribution >= 4 is 66.4 Å². The fourth-order valence-corrected chi connectivity index (χ4v) is 8.45. The van der Waals surface area contributed by atoms with E-state index in [-0.39, 0.29) is 0 Å². The Morgan fingerprint density at radius 2 is 0.638 bits per heavy atom. The van der Waals surface area contributed by atoms with Crippen LogP contribution in [0.1, 0.15) is 0 Å². The van der Waals surface area contributed by atoms with Crippen LogP contribution in [0.4, 0.5) is 34.1 Å². The maximum atomic E-state index is 6.24. The predicted molar refractivity (Wildman–Crippen MR) is 246 cm³/mol.